The molecule has 1 saturated carbocycles. The summed E-state index contributed by atoms with van der Waals surface area (Å²) in [4.78, 5) is 15.2. The Balaban J connectivity index is 1.62. The van der Waals surface area contributed by atoms with Gasteiger partial charge in [0.25, 0.3) is 10.0 Å². The second-order valence-electron chi connectivity index (χ2n) is 7.64. The van der Waals surface area contributed by atoms with Crippen LogP contribution in [-0.2, 0) is 19.6 Å². The zero-order valence-electron chi connectivity index (χ0n) is 14.9. The number of rotatable bonds is 3. The van der Waals surface area contributed by atoms with Crippen molar-refractivity contribution >= 4 is 27.3 Å². The molecule has 3 aliphatic rings. The third-order valence-electron chi connectivity index (χ3n) is 6.18. The first-order chi connectivity index (χ1) is 12.5. The number of carbonyl (C=O) groups excluding carboxylic acids is 1. The Bertz CT molecular complexity index is 735. The third-order valence-corrected chi connectivity index (χ3v) is 9.36. The summed E-state index contributed by atoms with van der Waals surface area (Å²) in [6.07, 6.45) is 5.24. The van der Waals surface area contributed by atoms with Gasteiger partial charge in [0.1, 0.15) is 4.21 Å². The summed E-state index contributed by atoms with van der Waals surface area (Å²) in [5.74, 6) is -0.102. The highest BCUT2D eigenvalue weighted by Crippen LogP contribution is 2.49. The van der Waals surface area contributed by atoms with E-state index in [-0.39, 0.29) is 17.2 Å². The highest BCUT2D eigenvalue weighted by atomic mass is 32.2. The number of hydrogen-bond donors (Lipinski definition) is 0. The molecule has 26 heavy (non-hydrogen) atoms. The topological polar surface area (TPSA) is 66.9 Å². The lowest BCUT2D eigenvalue weighted by molar-refractivity contribution is -0.143. The molecule has 1 aliphatic carbocycles. The molecule has 8 heteroatoms. The predicted octanol–water partition coefficient (Wildman–Crippen LogP) is 2.18. The van der Waals surface area contributed by atoms with E-state index in [0.717, 1.165) is 25.7 Å². The number of ether oxygens (including phenoxy) is 1. The second-order valence-corrected chi connectivity index (χ2v) is 10.8. The lowest BCUT2D eigenvalue weighted by atomic mass is 9.67. The van der Waals surface area contributed by atoms with Gasteiger partial charge in [-0.25, -0.2) is 8.42 Å². The van der Waals surface area contributed by atoms with Crippen LogP contribution in [0.3, 0.4) is 0 Å². The quantitative estimate of drug-likeness (QED) is 0.783. The first-order valence-electron chi connectivity index (χ1n) is 9.43. The molecule has 2 aliphatic heterocycles. The van der Waals surface area contributed by atoms with E-state index in [0.29, 0.717) is 43.6 Å². The van der Waals surface area contributed by atoms with Crippen molar-refractivity contribution in [3.63, 3.8) is 0 Å². The molecule has 3 heterocycles. The third kappa shape index (κ3) is 3.21. The van der Waals surface area contributed by atoms with E-state index in [2.05, 4.69) is 0 Å². The number of carbonyl (C=O) groups is 1. The molecule has 144 valence electrons. The Hall–Kier alpha value is -0.960. The summed E-state index contributed by atoms with van der Waals surface area (Å²) in [5, 5.41) is 1.79. The van der Waals surface area contributed by atoms with Crippen LogP contribution in [0.2, 0.25) is 0 Å². The van der Waals surface area contributed by atoms with E-state index in [1.807, 2.05) is 4.90 Å². The van der Waals surface area contributed by atoms with Gasteiger partial charge < -0.3 is 9.64 Å². The smallest absolute Gasteiger partial charge is 0.252 e. The number of morpholine rings is 1. The average Bonchev–Trinajstić information content (AvgIpc) is 3.32. The van der Waals surface area contributed by atoms with Crippen LogP contribution >= 0.6 is 11.3 Å². The monoisotopic (exact) mass is 398 g/mol. The van der Waals surface area contributed by atoms with E-state index in [1.165, 1.54) is 17.8 Å². The molecule has 6 nitrogen and oxygen atoms in total. The molecule has 1 spiro atoms. The molecule has 4 rings (SSSR count). The van der Waals surface area contributed by atoms with Gasteiger partial charge in [-0.05, 0) is 29.7 Å². The molecule has 2 saturated heterocycles. The van der Waals surface area contributed by atoms with Crippen molar-refractivity contribution in [2.75, 3.05) is 39.4 Å². The van der Waals surface area contributed by atoms with Gasteiger partial charge in [0.2, 0.25) is 5.91 Å². The lowest BCUT2D eigenvalue weighted by Crippen LogP contribution is -2.48. The van der Waals surface area contributed by atoms with E-state index in [9.17, 15) is 13.2 Å². The summed E-state index contributed by atoms with van der Waals surface area (Å²) < 4.78 is 33.4. The number of nitrogens with zero attached hydrogens (tertiary/aromatic N) is 2. The SMILES string of the molecule is O=C([C@@H]1CN(S(=O)(=O)c2cccs2)CC12CCCCC2)N1CCOCC1. The maximum atomic E-state index is 13.3. The number of amides is 1. The van der Waals surface area contributed by atoms with E-state index in [1.54, 1.807) is 21.8 Å². The Morgan fingerprint density at radius 1 is 1.19 bits per heavy atom. The summed E-state index contributed by atoms with van der Waals surface area (Å²) >= 11 is 1.25. The van der Waals surface area contributed by atoms with Crippen LogP contribution < -0.4 is 0 Å². The first-order valence-corrected chi connectivity index (χ1v) is 11.8. The van der Waals surface area contributed by atoms with Gasteiger partial charge in [-0.1, -0.05) is 25.3 Å². The van der Waals surface area contributed by atoms with Crippen LogP contribution in [0.1, 0.15) is 32.1 Å². The molecule has 0 radical (unpaired) electrons. The Morgan fingerprint density at radius 2 is 1.92 bits per heavy atom. The summed E-state index contributed by atoms with van der Waals surface area (Å²) in [7, 11) is -3.51. The fourth-order valence-corrected chi connectivity index (χ4v) is 7.45. The highest BCUT2D eigenvalue weighted by molar-refractivity contribution is 7.91. The average molecular weight is 399 g/mol. The fourth-order valence-electron chi connectivity index (χ4n) is 4.75. The maximum Gasteiger partial charge on any atom is 0.252 e. The van der Waals surface area contributed by atoms with Crippen molar-refractivity contribution in [1.29, 1.82) is 0 Å². The molecule has 0 aromatic carbocycles. The Morgan fingerprint density at radius 3 is 2.58 bits per heavy atom. The van der Waals surface area contributed by atoms with E-state index < -0.39 is 10.0 Å². The molecular formula is C18H26N2O4S2. The first kappa shape index (κ1) is 18.4. The van der Waals surface area contributed by atoms with Crippen molar-refractivity contribution < 1.29 is 17.9 Å². The van der Waals surface area contributed by atoms with E-state index >= 15 is 0 Å². The standard InChI is InChI=1S/C18H26N2O4S2/c21-17(19-8-10-24-11-9-19)15-13-20(14-18(15)6-2-1-3-7-18)26(22,23)16-5-4-12-25-16/h4-5,12,15H,1-3,6-11,13-14H2/t15-/m0/s1. The summed E-state index contributed by atoms with van der Waals surface area (Å²) in [6, 6.07) is 3.42. The van der Waals surface area contributed by atoms with Crippen LogP contribution in [0.5, 0.6) is 0 Å². The molecule has 0 unspecified atom stereocenters. The minimum atomic E-state index is -3.51. The second kappa shape index (κ2) is 7.22. The van der Waals surface area contributed by atoms with E-state index in [4.69, 9.17) is 4.74 Å². The predicted molar refractivity (Wildman–Crippen MR) is 99.5 cm³/mol. The highest BCUT2D eigenvalue weighted by Gasteiger charge is 2.54. The van der Waals surface area contributed by atoms with Gasteiger partial charge in [0.15, 0.2) is 0 Å². The molecule has 3 fully saturated rings. The maximum absolute atomic E-state index is 13.3. The van der Waals surface area contributed by atoms with Gasteiger partial charge in [-0.2, -0.15) is 4.31 Å². The summed E-state index contributed by atoms with van der Waals surface area (Å²) in [5.41, 5.74) is -0.196. The Labute approximate surface area is 159 Å². The van der Waals surface area contributed by atoms with Crippen molar-refractivity contribution in [1.82, 2.24) is 9.21 Å². The molecule has 1 amide bonds. The van der Waals surface area contributed by atoms with Crippen LogP contribution in [0, 0.1) is 11.3 Å². The van der Waals surface area contributed by atoms with Crippen LogP contribution in [0.25, 0.3) is 0 Å². The normalized spacial score (nSPS) is 27.1. The molecule has 0 N–H and O–H groups in total. The number of hydrogen-bond acceptors (Lipinski definition) is 5. The lowest BCUT2D eigenvalue weighted by Gasteiger charge is -2.40. The van der Waals surface area contributed by atoms with Crippen LogP contribution in [-0.4, -0.2) is 62.9 Å². The van der Waals surface area contributed by atoms with Crippen molar-refractivity contribution in [2.24, 2.45) is 11.3 Å². The van der Waals surface area contributed by atoms with Gasteiger partial charge in [0.05, 0.1) is 19.1 Å². The molecule has 1 atom stereocenters. The van der Waals surface area contributed by atoms with Gasteiger partial charge in [0, 0.05) is 26.2 Å². The fraction of sp³-hybridized carbons (Fsp3) is 0.722. The zero-order valence-corrected chi connectivity index (χ0v) is 16.6. The largest absolute Gasteiger partial charge is 0.378 e. The van der Waals surface area contributed by atoms with Crippen LogP contribution in [0.4, 0.5) is 0 Å². The molecule has 1 aromatic heterocycles. The Kier molecular flexibility index (Phi) is 5.11. The molecular weight excluding hydrogens is 372 g/mol. The van der Waals surface area contributed by atoms with Crippen molar-refractivity contribution in [3.05, 3.63) is 17.5 Å². The summed E-state index contributed by atoms with van der Waals surface area (Å²) in [6.45, 7) is 3.17. The van der Waals surface area contributed by atoms with Gasteiger partial charge in [-0.15, -0.1) is 11.3 Å². The number of sulfonamides is 1. The zero-order chi connectivity index (χ0) is 18.2. The van der Waals surface area contributed by atoms with Gasteiger partial charge >= 0.3 is 0 Å². The molecule has 1 aromatic rings. The van der Waals surface area contributed by atoms with Crippen molar-refractivity contribution in [3.8, 4) is 0 Å². The number of thiophene rings is 1. The van der Waals surface area contributed by atoms with Crippen LogP contribution in [0.15, 0.2) is 21.7 Å². The minimum absolute atomic E-state index is 0.124. The minimum Gasteiger partial charge on any atom is -0.378 e. The van der Waals surface area contributed by atoms with Gasteiger partial charge in [-0.3, -0.25) is 4.79 Å². The van der Waals surface area contributed by atoms with Crippen molar-refractivity contribution in [2.45, 2.75) is 36.3 Å². The molecule has 0 bridgehead atoms.